The number of rotatable bonds is 4. The van der Waals surface area contributed by atoms with E-state index in [1.165, 1.54) is 12.1 Å². The van der Waals surface area contributed by atoms with E-state index in [0.717, 1.165) is 11.1 Å². The van der Waals surface area contributed by atoms with Crippen LogP contribution in [0.1, 0.15) is 22.3 Å². The number of urea groups is 1. The molecule has 116 valence electrons. The van der Waals surface area contributed by atoms with E-state index >= 15 is 0 Å². The van der Waals surface area contributed by atoms with Gasteiger partial charge in [0.15, 0.2) is 0 Å². The van der Waals surface area contributed by atoms with Gasteiger partial charge in [-0.2, -0.15) is 0 Å². The first-order chi connectivity index (χ1) is 10.5. The Balaban J connectivity index is 1.82. The van der Waals surface area contributed by atoms with E-state index in [2.05, 4.69) is 10.6 Å². The number of hydrogen-bond acceptors (Lipinski definition) is 1. The fraction of sp³-hybridized carbons (Fsp3) is 0.235. The van der Waals surface area contributed by atoms with Crippen molar-refractivity contribution in [2.45, 2.75) is 26.9 Å². The van der Waals surface area contributed by atoms with E-state index in [0.29, 0.717) is 24.2 Å². The third-order valence-electron chi connectivity index (χ3n) is 3.35. The van der Waals surface area contributed by atoms with Gasteiger partial charge in [-0.3, -0.25) is 0 Å². The molecule has 0 aliphatic rings. The summed E-state index contributed by atoms with van der Waals surface area (Å²) >= 11 is 0. The van der Waals surface area contributed by atoms with Gasteiger partial charge >= 0.3 is 6.03 Å². The van der Waals surface area contributed by atoms with Crippen molar-refractivity contribution in [3.8, 4) is 0 Å². The first kappa shape index (κ1) is 15.9. The van der Waals surface area contributed by atoms with Crippen molar-refractivity contribution in [2.75, 3.05) is 0 Å². The highest BCUT2D eigenvalue weighted by Gasteiger charge is 2.04. The molecule has 2 aromatic carbocycles. The molecule has 0 fully saturated rings. The van der Waals surface area contributed by atoms with Gasteiger partial charge in [-0.15, -0.1) is 0 Å². The Morgan fingerprint density at radius 3 is 1.64 bits per heavy atom. The van der Waals surface area contributed by atoms with Crippen LogP contribution >= 0.6 is 0 Å². The minimum absolute atomic E-state index is 0.264. The van der Waals surface area contributed by atoms with Crippen molar-refractivity contribution in [3.05, 3.63) is 70.3 Å². The Morgan fingerprint density at radius 2 is 1.27 bits per heavy atom. The third kappa shape index (κ3) is 4.28. The molecule has 0 spiro atoms. The largest absolute Gasteiger partial charge is 0.334 e. The Kier molecular flexibility index (Phi) is 5.09. The van der Waals surface area contributed by atoms with Crippen LogP contribution in [0.5, 0.6) is 0 Å². The molecule has 2 N–H and O–H groups in total. The van der Waals surface area contributed by atoms with E-state index in [4.69, 9.17) is 0 Å². The zero-order valence-corrected chi connectivity index (χ0v) is 12.5. The fourth-order valence-electron chi connectivity index (χ4n) is 2.06. The summed E-state index contributed by atoms with van der Waals surface area (Å²) in [7, 11) is 0. The first-order valence-corrected chi connectivity index (χ1v) is 6.97. The van der Waals surface area contributed by atoms with Crippen molar-refractivity contribution in [2.24, 2.45) is 0 Å². The third-order valence-corrected chi connectivity index (χ3v) is 3.35. The first-order valence-electron chi connectivity index (χ1n) is 6.97. The topological polar surface area (TPSA) is 41.1 Å². The molecular formula is C17H18F2N2O. The molecule has 0 aromatic heterocycles. The quantitative estimate of drug-likeness (QED) is 0.890. The highest BCUT2D eigenvalue weighted by molar-refractivity contribution is 5.73. The van der Waals surface area contributed by atoms with Gasteiger partial charge < -0.3 is 10.6 Å². The van der Waals surface area contributed by atoms with Crippen LogP contribution < -0.4 is 10.6 Å². The monoisotopic (exact) mass is 304 g/mol. The van der Waals surface area contributed by atoms with Gasteiger partial charge in [0, 0.05) is 13.1 Å². The fourth-order valence-corrected chi connectivity index (χ4v) is 2.06. The van der Waals surface area contributed by atoms with Crippen molar-refractivity contribution >= 4 is 6.03 Å². The van der Waals surface area contributed by atoms with E-state index in [-0.39, 0.29) is 17.7 Å². The highest BCUT2D eigenvalue weighted by atomic mass is 19.1. The molecule has 0 unspecified atom stereocenters. The molecule has 2 aromatic rings. The second kappa shape index (κ2) is 7.02. The van der Waals surface area contributed by atoms with Crippen molar-refractivity contribution in [1.29, 1.82) is 0 Å². The Labute approximate surface area is 128 Å². The number of carbonyl (C=O) groups excluding carboxylic acids is 1. The molecule has 0 bridgehead atoms. The van der Waals surface area contributed by atoms with E-state index in [9.17, 15) is 13.6 Å². The molecule has 5 heteroatoms. The maximum Gasteiger partial charge on any atom is 0.315 e. The summed E-state index contributed by atoms with van der Waals surface area (Å²) in [4.78, 5) is 11.7. The molecule has 22 heavy (non-hydrogen) atoms. The van der Waals surface area contributed by atoms with E-state index < -0.39 is 0 Å². The van der Waals surface area contributed by atoms with Crippen molar-refractivity contribution in [1.82, 2.24) is 10.6 Å². The number of benzene rings is 2. The number of halogens is 2. The summed E-state index contributed by atoms with van der Waals surface area (Å²) in [6.07, 6.45) is 0. The van der Waals surface area contributed by atoms with Crippen LogP contribution in [0.15, 0.2) is 36.4 Å². The second-order valence-electron chi connectivity index (χ2n) is 5.20. The molecular weight excluding hydrogens is 286 g/mol. The Bertz CT molecular complexity index is 629. The summed E-state index contributed by atoms with van der Waals surface area (Å²) in [5.41, 5.74) is 2.74. The molecule has 0 radical (unpaired) electrons. The average molecular weight is 304 g/mol. The molecule has 0 saturated carbocycles. The summed E-state index contributed by atoms with van der Waals surface area (Å²) in [6, 6.07) is 9.08. The Morgan fingerprint density at radius 1 is 0.864 bits per heavy atom. The number of amides is 2. The number of nitrogens with one attached hydrogen (secondary N) is 2. The molecule has 3 nitrogen and oxygen atoms in total. The SMILES string of the molecule is Cc1cc(CNC(=O)NCc2ccc(F)c(C)c2)ccc1F. The molecule has 0 aliphatic heterocycles. The zero-order chi connectivity index (χ0) is 16.1. The minimum atomic E-state index is -0.330. The van der Waals surface area contributed by atoms with E-state index in [1.54, 1.807) is 38.1 Å². The molecule has 0 aliphatic carbocycles. The summed E-state index contributed by atoms with van der Waals surface area (Å²) < 4.78 is 26.3. The molecule has 2 amide bonds. The van der Waals surface area contributed by atoms with Gasteiger partial charge in [-0.1, -0.05) is 24.3 Å². The summed E-state index contributed by atoms with van der Waals surface area (Å²) in [5.74, 6) is -0.528. The van der Waals surface area contributed by atoms with Crippen molar-refractivity contribution in [3.63, 3.8) is 0 Å². The van der Waals surface area contributed by atoms with Crippen LogP contribution in [-0.2, 0) is 13.1 Å². The molecule has 0 heterocycles. The highest BCUT2D eigenvalue weighted by Crippen LogP contribution is 2.10. The lowest BCUT2D eigenvalue weighted by atomic mass is 10.1. The molecule has 2 rings (SSSR count). The number of hydrogen-bond donors (Lipinski definition) is 2. The van der Waals surface area contributed by atoms with Crippen LogP contribution in [0, 0.1) is 25.5 Å². The zero-order valence-electron chi connectivity index (χ0n) is 12.5. The maximum absolute atomic E-state index is 13.1. The van der Waals surface area contributed by atoms with Gasteiger partial charge in [0.1, 0.15) is 11.6 Å². The molecule has 0 saturated heterocycles. The lowest BCUT2D eigenvalue weighted by molar-refractivity contribution is 0.240. The summed E-state index contributed by atoms with van der Waals surface area (Å²) in [6.45, 7) is 3.98. The van der Waals surface area contributed by atoms with Gasteiger partial charge in [0.05, 0.1) is 0 Å². The predicted molar refractivity (Wildman–Crippen MR) is 81.3 cm³/mol. The van der Waals surface area contributed by atoms with Gasteiger partial charge in [-0.25, -0.2) is 13.6 Å². The lowest BCUT2D eigenvalue weighted by Crippen LogP contribution is -2.34. The predicted octanol–water partition coefficient (Wildman–Crippen LogP) is 3.58. The second-order valence-corrected chi connectivity index (χ2v) is 5.20. The number of carbonyl (C=O) groups is 1. The van der Waals surface area contributed by atoms with Gasteiger partial charge in [-0.05, 0) is 48.2 Å². The van der Waals surface area contributed by atoms with Gasteiger partial charge in [0.25, 0.3) is 0 Å². The van der Waals surface area contributed by atoms with Crippen LogP contribution in [0.4, 0.5) is 13.6 Å². The standard InChI is InChI=1S/C17H18F2N2O/c1-11-7-13(3-5-15(11)18)9-20-17(22)21-10-14-4-6-16(19)12(2)8-14/h3-8H,9-10H2,1-2H3,(H2,20,21,22). The van der Waals surface area contributed by atoms with Gasteiger partial charge in [0.2, 0.25) is 0 Å². The Hall–Kier alpha value is -2.43. The smallest absolute Gasteiger partial charge is 0.315 e. The van der Waals surface area contributed by atoms with Crippen LogP contribution in [0.2, 0.25) is 0 Å². The van der Waals surface area contributed by atoms with E-state index in [1.807, 2.05) is 0 Å². The maximum atomic E-state index is 13.1. The van der Waals surface area contributed by atoms with Crippen molar-refractivity contribution < 1.29 is 13.6 Å². The number of aryl methyl sites for hydroxylation is 2. The van der Waals surface area contributed by atoms with Crippen LogP contribution in [0.25, 0.3) is 0 Å². The minimum Gasteiger partial charge on any atom is -0.334 e. The lowest BCUT2D eigenvalue weighted by Gasteiger charge is -2.09. The normalized spacial score (nSPS) is 10.4. The average Bonchev–Trinajstić information content (AvgIpc) is 2.49. The molecule has 0 atom stereocenters. The van der Waals surface area contributed by atoms with Crippen LogP contribution in [-0.4, -0.2) is 6.03 Å². The van der Waals surface area contributed by atoms with Crippen LogP contribution in [0.3, 0.4) is 0 Å². The summed E-state index contributed by atoms with van der Waals surface area (Å²) in [5, 5.41) is 5.39.